The summed E-state index contributed by atoms with van der Waals surface area (Å²) < 4.78 is 1.61. The average Bonchev–Trinajstić information content (AvgIpc) is 2.89. The fourth-order valence-electron chi connectivity index (χ4n) is 2.86. The molecule has 1 aromatic carbocycles. The van der Waals surface area contributed by atoms with Gasteiger partial charge < -0.3 is 15.2 Å². The predicted octanol–water partition coefficient (Wildman–Crippen LogP) is 1.23. The van der Waals surface area contributed by atoms with Crippen molar-refractivity contribution in [3.8, 4) is 0 Å². The smallest absolute Gasteiger partial charge is 0.252 e. The largest absolute Gasteiger partial charge is 0.356 e. The highest BCUT2D eigenvalue weighted by Gasteiger charge is 2.29. The number of rotatable bonds is 6. The molecule has 0 radical (unpaired) electrons. The molecule has 1 aliphatic heterocycles. The zero-order valence-electron chi connectivity index (χ0n) is 13.2. The molecule has 1 unspecified atom stereocenters. The fraction of sp³-hybridized carbons (Fsp3) is 0.278. The van der Waals surface area contributed by atoms with Gasteiger partial charge in [-0.2, -0.15) is 0 Å². The summed E-state index contributed by atoms with van der Waals surface area (Å²) in [5.74, 6) is -0.246. The molecule has 0 saturated carbocycles. The number of pyridine rings is 1. The van der Waals surface area contributed by atoms with Crippen molar-refractivity contribution < 1.29 is 9.59 Å². The van der Waals surface area contributed by atoms with Gasteiger partial charge in [0.1, 0.15) is 0 Å². The Hall–Kier alpha value is -2.89. The topological polar surface area (TPSA) is 80.2 Å². The maximum Gasteiger partial charge on any atom is 0.252 e. The minimum atomic E-state index is -0.273. The lowest BCUT2D eigenvalue weighted by molar-refractivity contribution is -0.121. The second-order valence-electron chi connectivity index (χ2n) is 5.75. The molecule has 0 saturated heterocycles. The molecular formula is C18H19N3O3. The van der Waals surface area contributed by atoms with Gasteiger partial charge in [-0.15, -0.1) is 0 Å². The number of hydrogen-bond acceptors (Lipinski definition) is 3. The summed E-state index contributed by atoms with van der Waals surface area (Å²) in [5.41, 5.74) is 1.46. The van der Waals surface area contributed by atoms with Crippen LogP contribution in [0.3, 0.4) is 0 Å². The molecular weight excluding hydrogens is 306 g/mol. The summed E-state index contributed by atoms with van der Waals surface area (Å²) in [7, 11) is 0. The van der Waals surface area contributed by atoms with Crippen LogP contribution in [0, 0.1) is 0 Å². The van der Waals surface area contributed by atoms with Crippen LogP contribution in [-0.4, -0.2) is 22.9 Å². The number of nitrogens with zero attached hydrogens (tertiary/aromatic N) is 1. The van der Waals surface area contributed by atoms with E-state index in [-0.39, 0.29) is 29.8 Å². The van der Waals surface area contributed by atoms with E-state index in [1.54, 1.807) is 29.0 Å². The molecule has 6 heteroatoms. The molecule has 2 heterocycles. The Balaban J connectivity index is 1.46. The van der Waals surface area contributed by atoms with Crippen LogP contribution in [-0.2, 0) is 11.3 Å². The van der Waals surface area contributed by atoms with Crippen LogP contribution in [0.25, 0.3) is 0 Å². The van der Waals surface area contributed by atoms with Crippen molar-refractivity contribution in [2.75, 3.05) is 6.54 Å². The number of benzene rings is 1. The molecule has 1 atom stereocenters. The van der Waals surface area contributed by atoms with Crippen LogP contribution in [0.5, 0.6) is 0 Å². The molecule has 24 heavy (non-hydrogen) atoms. The molecule has 1 aromatic heterocycles. The van der Waals surface area contributed by atoms with Gasteiger partial charge in [-0.25, -0.2) is 0 Å². The zero-order valence-corrected chi connectivity index (χ0v) is 13.2. The van der Waals surface area contributed by atoms with Crippen molar-refractivity contribution in [3.63, 3.8) is 0 Å². The van der Waals surface area contributed by atoms with Crippen LogP contribution in [0.1, 0.15) is 34.8 Å². The first-order chi connectivity index (χ1) is 11.6. The highest BCUT2D eigenvalue weighted by Crippen LogP contribution is 2.27. The van der Waals surface area contributed by atoms with Gasteiger partial charge in [0, 0.05) is 30.9 Å². The standard InChI is InChI=1S/C18H19N3O3/c22-16(19-9-5-11-21-10-4-3-8-17(21)23)12-15-13-6-1-2-7-14(13)18(24)20-15/h1-4,6-8,10,15H,5,9,11-12H2,(H,19,22)(H,20,24). The number of aryl methyl sites for hydroxylation is 1. The number of carbonyl (C=O) groups excluding carboxylic acids is 2. The molecule has 2 aromatic rings. The van der Waals surface area contributed by atoms with Crippen molar-refractivity contribution in [2.24, 2.45) is 0 Å². The number of aromatic nitrogens is 1. The Bertz CT molecular complexity index is 813. The summed E-state index contributed by atoms with van der Waals surface area (Å²) >= 11 is 0. The van der Waals surface area contributed by atoms with Gasteiger partial charge in [0.2, 0.25) is 11.5 Å². The summed E-state index contributed by atoms with van der Waals surface area (Å²) in [6.07, 6.45) is 2.62. The first-order valence-electron chi connectivity index (χ1n) is 7.97. The minimum absolute atomic E-state index is 0.0471. The molecule has 1 aliphatic rings. The Kier molecular flexibility index (Phi) is 4.74. The molecule has 2 N–H and O–H groups in total. The molecule has 124 valence electrons. The van der Waals surface area contributed by atoms with E-state index in [9.17, 15) is 14.4 Å². The fourth-order valence-corrected chi connectivity index (χ4v) is 2.86. The Morgan fingerprint density at radius 2 is 1.92 bits per heavy atom. The van der Waals surface area contributed by atoms with Gasteiger partial charge in [-0.05, 0) is 24.1 Å². The second kappa shape index (κ2) is 7.12. The highest BCUT2D eigenvalue weighted by atomic mass is 16.2. The number of carbonyl (C=O) groups is 2. The van der Waals surface area contributed by atoms with Crippen molar-refractivity contribution >= 4 is 11.8 Å². The van der Waals surface area contributed by atoms with E-state index in [1.165, 1.54) is 6.07 Å². The Morgan fingerprint density at radius 3 is 2.75 bits per heavy atom. The Morgan fingerprint density at radius 1 is 1.12 bits per heavy atom. The number of hydrogen-bond donors (Lipinski definition) is 2. The minimum Gasteiger partial charge on any atom is -0.356 e. The maximum atomic E-state index is 12.1. The van der Waals surface area contributed by atoms with E-state index >= 15 is 0 Å². The third-order valence-corrected chi connectivity index (χ3v) is 4.07. The Labute approximate surface area is 139 Å². The second-order valence-corrected chi connectivity index (χ2v) is 5.75. The monoisotopic (exact) mass is 325 g/mol. The van der Waals surface area contributed by atoms with E-state index in [0.29, 0.717) is 25.1 Å². The van der Waals surface area contributed by atoms with E-state index in [1.807, 2.05) is 18.2 Å². The van der Waals surface area contributed by atoms with Gasteiger partial charge in [0.15, 0.2) is 0 Å². The number of fused-ring (bicyclic) bond motifs is 1. The van der Waals surface area contributed by atoms with Crippen molar-refractivity contribution in [3.05, 3.63) is 70.1 Å². The molecule has 0 aliphatic carbocycles. The molecule has 0 fully saturated rings. The van der Waals surface area contributed by atoms with Gasteiger partial charge in [0.05, 0.1) is 12.5 Å². The van der Waals surface area contributed by atoms with E-state index < -0.39 is 0 Å². The molecule has 2 amide bonds. The number of nitrogens with one attached hydrogen (secondary N) is 2. The first-order valence-corrected chi connectivity index (χ1v) is 7.97. The zero-order chi connectivity index (χ0) is 16.9. The van der Waals surface area contributed by atoms with E-state index in [2.05, 4.69) is 10.6 Å². The van der Waals surface area contributed by atoms with Gasteiger partial charge >= 0.3 is 0 Å². The normalized spacial score (nSPS) is 15.7. The highest BCUT2D eigenvalue weighted by molar-refractivity contribution is 5.99. The van der Waals surface area contributed by atoms with E-state index in [4.69, 9.17) is 0 Å². The average molecular weight is 325 g/mol. The molecule has 0 spiro atoms. The van der Waals surface area contributed by atoms with Gasteiger partial charge in [0.25, 0.3) is 5.91 Å². The molecule has 0 bridgehead atoms. The lowest BCUT2D eigenvalue weighted by Crippen LogP contribution is -2.30. The van der Waals surface area contributed by atoms with Gasteiger partial charge in [-0.1, -0.05) is 24.3 Å². The summed E-state index contributed by atoms with van der Waals surface area (Å²) in [6, 6.07) is 12.1. The SMILES string of the molecule is O=C(CC1NC(=O)c2ccccc21)NCCCn1ccccc1=O. The molecule has 3 rings (SSSR count). The first kappa shape index (κ1) is 16.0. The maximum absolute atomic E-state index is 12.1. The third kappa shape index (κ3) is 3.53. The lowest BCUT2D eigenvalue weighted by atomic mass is 10.0. The lowest BCUT2D eigenvalue weighted by Gasteiger charge is -2.12. The summed E-state index contributed by atoms with van der Waals surface area (Å²) in [4.78, 5) is 35.5. The van der Waals surface area contributed by atoms with Crippen LogP contribution in [0.4, 0.5) is 0 Å². The van der Waals surface area contributed by atoms with Gasteiger partial charge in [-0.3, -0.25) is 14.4 Å². The predicted molar refractivity (Wildman–Crippen MR) is 89.6 cm³/mol. The quantitative estimate of drug-likeness (QED) is 0.784. The third-order valence-electron chi connectivity index (χ3n) is 4.07. The van der Waals surface area contributed by atoms with Crippen LogP contribution in [0.15, 0.2) is 53.5 Å². The van der Waals surface area contributed by atoms with Crippen LogP contribution >= 0.6 is 0 Å². The van der Waals surface area contributed by atoms with E-state index in [0.717, 1.165) is 5.56 Å². The van der Waals surface area contributed by atoms with Crippen molar-refractivity contribution in [2.45, 2.75) is 25.4 Å². The summed E-state index contributed by atoms with van der Waals surface area (Å²) in [5, 5.41) is 5.67. The van der Waals surface area contributed by atoms with Crippen LogP contribution < -0.4 is 16.2 Å². The molecule has 6 nitrogen and oxygen atoms in total. The van der Waals surface area contributed by atoms with Crippen LogP contribution in [0.2, 0.25) is 0 Å². The van der Waals surface area contributed by atoms with Crippen molar-refractivity contribution in [1.82, 2.24) is 15.2 Å². The number of amides is 2. The summed E-state index contributed by atoms with van der Waals surface area (Å²) in [6.45, 7) is 1.05. The van der Waals surface area contributed by atoms with Crippen molar-refractivity contribution in [1.29, 1.82) is 0 Å².